The van der Waals surface area contributed by atoms with Gasteiger partial charge in [0.2, 0.25) is 0 Å². The number of anilines is 2. The number of nitrogens with one attached hydrogen (secondary N) is 1. The smallest absolute Gasteiger partial charge is 0.307 e. The highest BCUT2D eigenvalue weighted by molar-refractivity contribution is 6.23. The second-order valence-electron chi connectivity index (χ2n) is 5.18. The van der Waals surface area contributed by atoms with Crippen LogP contribution in [0.4, 0.5) is 16.2 Å². The van der Waals surface area contributed by atoms with Crippen molar-refractivity contribution in [1.29, 1.82) is 0 Å². The average Bonchev–Trinajstić information content (AvgIpc) is 2.61. The van der Waals surface area contributed by atoms with Crippen molar-refractivity contribution in [1.82, 2.24) is 0 Å². The molecular weight excluding hydrogens is 300 g/mol. The summed E-state index contributed by atoms with van der Waals surface area (Å²) in [5.74, 6) is 4.86. The summed E-state index contributed by atoms with van der Waals surface area (Å²) < 4.78 is 0. The molecule has 0 atom stereocenters. The number of hydrogen-bond donors (Lipinski definition) is 1. The van der Waals surface area contributed by atoms with Crippen molar-refractivity contribution in [2.75, 3.05) is 10.2 Å². The predicted molar refractivity (Wildman–Crippen MR) is 96.7 cm³/mol. The van der Waals surface area contributed by atoms with Crippen molar-refractivity contribution in [2.24, 2.45) is 0 Å². The minimum absolute atomic E-state index is 0.487. The topological polar surface area (TPSA) is 49.4 Å². The third kappa shape index (κ3) is 4.99. The van der Waals surface area contributed by atoms with E-state index in [-0.39, 0.29) is 0 Å². The summed E-state index contributed by atoms with van der Waals surface area (Å²) in [5.41, 5.74) is 1.11. The SMILES string of the molecule is CCCCC#CC(=O)N(C(=O)Nc1ccccc1)c1ccccc1. The van der Waals surface area contributed by atoms with Crippen LogP contribution in [0.15, 0.2) is 60.7 Å². The van der Waals surface area contributed by atoms with Gasteiger partial charge in [0, 0.05) is 12.1 Å². The molecule has 0 saturated carbocycles. The summed E-state index contributed by atoms with van der Waals surface area (Å²) in [7, 11) is 0. The van der Waals surface area contributed by atoms with Gasteiger partial charge in [0.15, 0.2) is 0 Å². The van der Waals surface area contributed by atoms with E-state index in [1.54, 1.807) is 36.4 Å². The first-order chi connectivity index (χ1) is 11.7. The monoisotopic (exact) mass is 320 g/mol. The fourth-order valence-electron chi connectivity index (χ4n) is 2.06. The van der Waals surface area contributed by atoms with Gasteiger partial charge < -0.3 is 5.32 Å². The Morgan fingerprint density at radius 1 is 1.00 bits per heavy atom. The molecule has 0 saturated heterocycles. The molecule has 0 fully saturated rings. The Kier molecular flexibility index (Phi) is 6.60. The molecular formula is C20H20N2O2. The molecule has 0 aliphatic rings. The van der Waals surface area contributed by atoms with Crippen LogP contribution in [0.3, 0.4) is 0 Å². The molecule has 2 rings (SSSR count). The molecule has 0 spiro atoms. The van der Waals surface area contributed by atoms with E-state index in [1.807, 2.05) is 24.3 Å². The van der Waals surface area contributed by atoms with Crippen molar-refractivity contribution in [2.45, 2.75) is 26.2 Å². The van der Waals surface area contributed by atoms with E-state index in [9.17, 15) is 9.59 Å². The highest BCUT2D eigenvalue weighted by atomic mass is 16.2. The maximum atomic E-state index is 12.6. The van der Waals surface area contributed by atoms with Crippen molar-refractivity contribution in [3.63, 3.8) is 0 Å². The summed E-state index contributed by atoms with van der Waals surface area (Å²) in [6.07, 6.45) is 2.59. The van der Waals surface area contributed by atoms with Crippen LogP contribution in [0.2, 0.25) is 0 Å². The van der Waals surface area contributed by atoms with Crippen molar-refractivity contribution < 1.29 is 9.59 Å². The van der Waals surface area contributed by atoms with Gasteiger partial charge in [0.1, 0.15) is 0 Å². The molecule has 0 radical (unpaired) electrons. The number of unbranched alkanes of at least 4 members (excludes halogenated alkanes) is 2. The maximum Gasteiger partial charge on any atom is 0.333 e. The summed E-state index contributed by atoms with van der Waals surface area (Å²) in [6.45, 7) is 2.06. The van der Waals surface area contributed by atoms with Gasteiger partial charge in [-0.3, -0.25) is 4.79 Å². The van der Waals surface area contributed by atoms with Gasteiger partial charge in [0.25, 0.3) is 0 Å². The number of rotatable bonds is 4. The number of amides is 3. The van der Waals surface area contributed by atoms with Gasteiger partial charge in [-0.25, -0.2) is 9.69 Å². The van der Waals surface area contributed by atoms with Gasteiger partial charge in [-0.05, 0) is 36.6 Å². The van der Waals surface area contributed by atoms with Gasteiger partial charge in [-0.15, -0.1) is 0 Å². The van der Waals surface area contributed by atoms with Crippen molar-refractivity contribution in [3.05, 3.63) is 60.7 Å². The Labute approximate surface area is 142 Å². The molecule has 122 valence electrons. The number of benzene rings is 2. The number of carbonyl (C=O) groups excluding carboxylic acids is 2. The van der Waals surface area contributed by atoms with E-state index in [0.29, 0.717) is 17.8 Å². The van der Waals surface area contributed by atoms with Crippen LogP contribution >= 0.6 is 0 Å². The Hall–Kier alpha value is -3.06. The quantitative estimate of drug-likeness (QED) is 0.668. The molecule has 3 amide bonds. The molecule has 24 heavy (non-hydrogen) atoms. The summed E-state index contributed by atoms with van der Waals surface area (Å²) in [6, 6.07) is 17.3. The fraction of sp³-hybridized carbons (Fsp3) is 0.200. The second kappa shape index (κ2) is 9.16. The predicted octanol–water partition coefficient (Wildman–Crippen LogP) is 4.45. The number of hydrogen-bond acceptors (Lipinski definition) is 2. The van der Waals surface area contributed by atoms with Gasteiger partial charge in [0.05, 0.1) is 5.69 Å². The fourth-order valence-corrected chi connectivity index (χ4v) is 2.06. The minimum Gasteiger partial charge on any atom is -0.307 e. The van der Waals surface area contributed by atoms with Gasteiger partial charge >= 0.3 is 11.9 Å². The van der Waals surface area contributed by atoms with E-state index in [0.717, 1.165) is 17.7 Å². The van der Waals surface area contributed by atoms with Crippen LogP contribution in [-0.2, 0) is 4.79 Å². The molecule has 2 aromatic rings. The first-order valence-corrected chi connectivity index (χ1v) is 7.96. The molecule has 4 nitrogen and oxygen atoms in total. The normalized spacial score (nSPS) is 9.54. The van der Waals surface area contributed by atoms with Crippen LogP contribution in [0, 0.1) is 11.8 Å². The van der Waals surface area contributed by atoms with Crippen LogP contribution < -0.4 is 10.2 Å². The van der Waals surface area contributed by atoms with E-state index in [2.05, 4.69) is 24.1 Å². The molecule has 0 aromatic heterocycles. The highest BCUT2D eigenvalue weighted by Crippen LogP contribution is 2.16. The van der Waals surface area contributed by atoms with E-state index in [4.69, 9.17) is 0 Å². The Morgan fingerprint density at radius 3 is 2.25 bits per heavy atom. The lowest BCUT2D eigenvalue weighted by Crippen LogP contribution is -2.39. The Balaban J connectivity index is 2.21. The Morgan fingerprint density at radius 2 is 1.62 bits per heavy atom. The number of nitrogens with zero attached hydrogens (tertiary/aromatic N) is 1. The number of urea groups is 1. The average molecular weight is 320 g/mol. The summed E-state index contributed by atoms with van der Waals surface area (Å²) in [5, 5.41) is 2.72. The van der Waals surface area contributed by atoms with E-state index < -0.39 is 11.9 Å². The van der Waals surface area contributed by atoms with E-state index in [1.165, 1.54) is 0 Å². The van der Waals surface area contributed by atoms with Crippen LogP contribution in [0.5, 0.6) is 0 Å². The number of imide groups is 1. The van der Waals surface area contributed by atoms with Crippen LogP contribution in [0.25, 0.3) is 0 Å². The summed E-state index contributed by atoms with van der Waals surface area (Å²) >= 11 is 0. The molecule has 1 N–H and O–H groups in total. The van der Waals surface area contributed by atoms with Crippen LogP contribution in [0.1, 0.15) is 26.2 Å². The molecule has 0 unspecified atom stereocenters. The van der Waals surface area contributed by atoms with Crippen LogP contribution in [-0.4, -0.2) is 11.9 Å². The Bertz CT molecular complexity index is 730. The van der Waals surface area contributed by atoms with Gasteiger partial charge in [-0.1, -0.05) is 55.7 Å². The second-order valence-corrected chi connectivity index (χ2v) is 5.18. The molecule has 0 heterocycles. The molecule has 0 aliphatic carbocycles. The van der Waals surface area contributed by atoms with Crippen molar-refractivity contribution in [3.8, 4) is 11.8 Å². The summed E-state index contributed by atoms with van der Waals surface area (Å²) in [4.78, 5) is 26.1. The zero-order chi connectivity index (χ0) is 17.2. The number of carbonyl (C=O) groups is 2. The third-order valence-electron chi connectivity index (χ3n) is 3.30. The highest BCUT2D eigenvalue weighted by Gasteiger charge is 2.22. The largest absolute Gasteiger partial charge is 0.333 e. The molecule has 0 bridgehead atoms. The standard InChI is InChI=1S/C20H20N2O2/c1-2-3-4-11-16-19(23)22(18-14-9-6-10-15-18)20(24)21-17-12-7-5-8-13-17/h5-10,12-15H,2-4H2,1H3,(H,21,24). The van der Waals surface area contributed by atoms with Gasteiger partial charge in [-0.2, -0.15) is 0 Å². The molecule has 2 aromatic carbocycles. The zero-order valence-corrected chi connectivity index (χ0v) is 13.7. The molecule has 0 aliphatic heterocycles. The third-order valence-corrected chi connectivity index (χ3v) is 3.30. The first-order valence-electron chi connectivity index (χ1n) is 7.96. The van der Waals surface area contributed by atoms with Crippen molar-refractivity contribution >= 4 is 23.3 Å². The lowest BCUT2D eigenvalue weighted by Gasteiger charge is -2.19. The zero-order valence-electron chi connectivity index (χ0n) is 13.7. The molecule has 4 heteroatoms. The van der Waals surface area contributed by atoms with E-state index >= 15 is 0 Å². The minimum atomic E-state index is -0.536. The lowest BCUT2D eigenvalue weighted by atomic mass is 10.2. The number of para-hydroxylation sites is 2. The lowest BCUT2D eigenvalue weighted by molar-refractivity contribution is -0.112. The maximum absolute atomic E-state index is 12.6. The first kappa shape index (κ1) is 17.3.